The summed E-state index contributed by atoms with van der Waals surface area (Å²) in [5.74, 6) is 0. The standard InChI is InChI=1S/C13H19Cl2NO.ClH/c1-13(2,3)11(16)7-10(17)8-5-4-6-9(14)12(8)15;/h4-6,10-11,17H,7,16H2,1-3H3;1H/t10-,11-;/m1./s1. The molecule has 3 N–H and O–H groups in total. The number of halogens is 3. The highest BCUT2D eigenvalue weighted by molar-refractivity contribution is 6.42. The van der Waals surface area contributed by atoms with Crippen LogP contribution < -0.4 is 5.73 Å². The molecule has 0 spiro atoms. The average Bonchev–Trinajstić information content (AvgIpc) is 2.20. The maximum absolute atomic E-state index is 10.1. The Morgan fingerprint density at radius 2 is 1.83 bits per heavy atom. The summed E-state index contributed by atoms with van der Waals surface area (Å²) in [5.41, 5.74) is 6.63. The molecular weight excluding hydrogens is 293 g/mol. The lowest BCUT2D eigenvalue weighted by molar-refractivity contribution is 0.133. The molecule has 0 aliphatic heterocycles. The highest BCUT2D eigenvalue weighted by Gasteiger charge is 2.25. The van der Waals surface area contributed by atoms with Crippen LogP contribution in [0.4, 0.5) is 0 Å². The third-order valence-corrected chi connectivity index (χ3v) is 3.76. The van der Waals surface area contributed by atoms with Crippen LogP contribution in [0.1, 0.15) is 38.9 Å². The van der Waals surface area contributed by atoms with E-state index in [0.29, 0.717) is 22.0 Å². The van der Waals surface area contributed by atoms with Gasteiger partial charge >= 0.3 is 0 Å². The SMILES string of the molecule is CC(C)(C)[C@H](N)C[C@@H](O)c1cccc(Cl)c1Cl.Cl. The van der Waals surface area contributed by atoms with Crippen LogP contribution in [0.15, 0.2) is 18.2 Å². The van der Waals surface area contributed by atoms with Crippen LogP contribution in [0.5, 0.6) is 0 Å². The van der Waals surface area contributed by atoms with E-state index in [9.17, 15) is 5.11 Å². The smallest absolute Gasteiger partial charge is 0.0819 e. The van der Waals surface area contributed by atoms with Crippen LogP contribution in [-0.2, 0) is 0 Å². The summed E-state index contributed by atoms with van der Waals surface area (Å²) in [7, 11) is 0. The molecule has 0 saturated carbocycles. The molecule has 0 aromatic heterocycles. The Kier molecular flexibility index (Phi) is 6.97. The van der Waals surface area contributed by atoms with Gasteiger partial charge in [-0.3, -0.25) is 0 Å². The lowest BCUT2D eigenvalue weighted by Gasteiger charge is -2.29. The van der Waals surface area contributed by atoms with Crippen molar-refractivity contribution in [2.24, 2.45) is 11.1 Å². The molecule has 5 heteroatoms. The highest BCUT2D eigenvalue weighted by Crippen LogP contribution is 2.33. The molecule has 0 heterocycles. The molecule has 0 aliphatic carbocycles. The molecule has 1 aromatic carbocycles. The van der Waals surface area contributed by atoms with Crippen LogP contribution in [0.3, 0.4) is 0 Å². The van der Waals surface area contributed by atoms with Crippen LogP contribution in [0.25, 0.3) is 0 Å². The Bertz CT molecular complexity index is 390. The van der Waals surface area contributed by atoms with Gasteiger partial charge in [0.05, 0.1) is 16.1 Å². The van der Waals surface area contributed by atoms with Gasteiger partial charge in [0.1, 0.15) is 0 Å². The second-order valence-electron chi connectivity index (χ2n) is 5.37. The number of hydrogen-bond donors (Lipinski definition) is 2. The van der Waals surface area contributed by atoms with Crippen molar-refractivity contribution in [2.75, 3.05) is 0 Å². The van der Waals surface area contributed by atoms with Crippen molar-refractivity contribution in [3.63, 3.8) is 0 Å². The van der Waals surface area contributed by atoms with Gasteiger partial charge in [0.25, 0.3) is 0 Å². The van der Waals surface area contributed by atoms with Gasteiger partial charge in [0.2, 0.25) is 0 Å². The Balaban J connectivity index is 0.00000289. The van der Waals surface area contributed by atoms with Crippen molar-refractivity contribution >= 4 is 35.6 Å². The first kappa shape index (κ1) is 18.0. The van der Waals surface area contributed by atoms with Crippen LogP contribution in [0, 0.1) is 5.41 Å². The normalized spacial score (nSPS) is 14.8. The fourth-order valence-corrected chi connectivity index (χ4v) is 1.93. The Labute approximate surface area is 125 Å². The van der Waals surface area contributed by atoms with Gasteiger partial charge in [-0.25, -0.2) is 0 Å². The van der Waals surface area contributed by atoms with Crippen molar-refractivity contribution in [1.82, 2.24) is 0 Å². The van der Waals surface area contributed by atoms with Crippen molar-refractivity contribution in [1.29, 1.82) is 0 Å². The maximum Gasteiger partial charge on any atom is 0.0819 e. The zero-order valence-corrected chi connectivity index (χ0v) is 13.1. The molecule has 0 bridgehead atoms. The van der Waals surface area contributed by atoms with E-state index in [-0.39, 0.29) is 23.9 Å². The third-order valence-electron chi connectivity index (χ3n) is 2.93. The Morgan fingerprint density at radius 3 is 2.33 bits per heavy atom. The minimum absolute atomic E-state index is 0. The predicted molar refractivity (Wildman–Crippen MR) is 80.7 cm³/mol. The first-order chi connectivity index (χ1) is 7.73. The molecule has 0 amide bonds. The molecule has 104 valence electrons. The van der Waals surface area contributed by atoms with Crippen molar-refractivity contribution in [3.8, 4) is 0 Å². The van der Waals surface area contributed by atoms with E-state index in [1.807, 2.05) is 20.8 Å². The third kappa shape index (κ3) is 4.60. The summed E-state index contributed by atoms with van der Waals surface area (Å²) in [5, 5.41) is 11.0. The second kappa shape index (κ2) is 6.97. The van der Waals surface area contributed by atoms with Gasteiger partial charge in [-0.05, 0) is 17.9 Å². The highest BCUT2D eigenvalue weighted by atomic mass is 35.5. The Morgan fingerprint density at radius 1 is 1.28 bits per heavy atom. The number of rotatable bonds is 3. The number of benzene rings is 1. The molecule has 2 nitrogen and oxygen atoms in total. The van der Waals surface area contributed by atoms with Gasteiger partial charge in [-0.15, -0.1) is 12.4 Å². The van der Waals surface area contributed by atoms with E-state index >= 15 is 0 Å². The molecule has 0 saturated heterocycles. The van der Waals surface area contributed by atoms with Crippen LogP contribution in [-0.4, -0.2) is 11.1 Å². The predicted octanol–water partition coefficient (Wildman–Crippen LogP) is 4.21. The molecule has 0 radical (unpaired) electrons. The van der Waals surface area contributed by atoms with Gasteiger partial charge in [-0.2, -0.15) is 0 Å². The van der Waals surface area contributed by atoms with Crippen molar-refractivity contribution < 1.29 is 5.11 Å². The maximum atomic E-state index is 10.1. The molecule has 0 fully saturated rings. The number of nitrogens with two attached hydrogens (primary N) is 1. The summed E-state index contributed by atoms with van der Waals surface area (Å²) in [6.45, 7) is 6.14. The summed E-state index contributed by atoms with van der Waals surface area (Å²) in [6, 6.07) is 5.14. The minimum atomic E-state index is -0.685. The molecule has 0 aliphatic rings. The minimum Gasteiger partial charge on any atom is -0.388 e. The topological polar surface area (TPSA) is 46.2 Å². The summed E-state index contributed by atoms with van der Waals surface area (Å²) in [6.07, 6.45) is -0.223. The van der Waals surface area contributed by atoms with Crippen LogP contribution in [0.2, 0.25) is 10.0 Å². The van der Waals surface area contributed by atoms with Gasteiger partial charge in [-0.1, -0.05) is 56.1 Å². The zero-order valence-electron chi connectivity index (χ0n) is 10.8. The first-order valence-electron chi connectivity index (χ1n) is 5.61. The van der Waals surface area contributed by atoms with E-state index in [4.69, 9.17) is 28.9 Å². The molecule has 1 aromatic rings. The monoisotopic (exact) mass is 311 g/mol. The van der Waals surface area contributed by atoms with E-state index in [0.717, 1.165) is 0 Å². The van der Waals surface area contributed by atoms with Crippen LogP contribution >= 0.6 is 35.6 Å². The lowest BCUT2D eigenvalue weighted by atomic mass is 9.83. The van der Waals surface area contributed by atoms with Gasteiger partial charge < -0.3 is 10.8 Å². The first-order valence-corrected chi connectivity index (χ1v) is 6.36. The lowest BCUT2D eigenvalue weighted by Crippen LogP contribution is -2.36. The number of aliphatic hydroxyl groups is 1. The largest absolute Gasteiger partial charge is 0.388 e. The molecule has 2 atom stereocenters. The summed E-state index contributed by atoms with van der Waals surface area (Å²) >= 11 is 12.0. The fraction of sp³-hybridized carbons (Fsp3) is 0.538. The van der Waals surface area contributed by atoms with Gasteiger partial charge in [0.15, 0.2) is 0 Å². The zero-order chi connectivity index (χ0) is 13.2. The van der Waals surface area contributed by atoms with Crippen molar-refractivity contribution in [2.45, 2.75) is 39.3 Å². The van der Waals surface area contributed by atoms with Crippen molar-refractivity contribution in [3.05, 3.63) is 33.8 Å². The van der Waals surface area contributed by atoms with E-state index in [1.54, 1.807) is 18.2 Å². The van der Waals surface area contributed by atoms with Gasteiger partial charge in [0, 0.05) is 11.6 Å². The molecule has 1 rings (SSSR count). The van der Waals surface area contributed by atoms with E-state index < -0.39 is 6.10 Å². The fourth-order valence-electron chi connectivity index (χ4n) is 1.50. The average molecular weight is 313 g/mol. The number of hydrogen-bond acceptors (Lipinski definition) is 2. The van der Waals surface area contributed by atoms with E-state index in [1.165, 1.54) is 0 Å². The molecular formula is C13H20Cl3NO. The molecule has 18 heavy (non-hydrogen) atoms. The summed E-state index contributed by atoms with van der Waals surface area (Å²) in [4.78, 5) is 0. The summed E-state index contributed by atoms with van der Waals surface area (Å²) < 4.78 is 0. The quantitative estimate of drug-likeness (QED) is 0.878. The van der Waals surface area contributed by atoms with E-state index in [2.05, 4.69) is 0 Å². The Hall–Kier alpha value is 0.01000. The second-order valence-corrected chi connectivity index (χ2v) is 6.15. The number of aliphatic hydroxyl groups excluding tert-OH is 1. The molecule has 0 unspecified atom stereocenters.